The van der Waals surface area contributed by atoms with Crippen LogP contribution in [0.4, 0.5) is 0 Å². The minimum atomic E-state index is -1.26. The molecule has 4 N–H and O–H groups in total. The molecule has 1 aliphatic heterocycles. The van der Waals surface area contributed by atoms with E-state index in [2.05, 4.69) is 13.8 Å². The van der Waals surface area contributed by atoms with E-state index in [9.17, 15) is 25.2 Å². The summed E-state index contributed by atoms with van der Waals surface area (Å²) < 4.78 is 16.9. The van der Waals surface area contributed by atoms with E-state index in [1.165, 1.54) is 6.07 Å². The molecular weight excluding hydrogens is 476 g/mol. The molecule has 1 aromatic heterocycles. The summed E-state index contributed by atoms with van der Waals surface area (Å²) in [4.78, 5) is 11.5. The van der Waals surface area contributed by atoms with Crippen molar-refractivity contribution in [3.8, 4) is 0 Å². The molecule has 206 valence electrons. The molecule has 0 spiro atoms. The Bertz CT molecular complexity index is 1040. The predicted molar refractivity (Wildman–Crippen MR) is 134 cm³/mol. The number of aliphatic hydroxyl groups is 4. The zero-order chi connectivity index (χ0) is 26.2. The van der Waals surface area contributed by atoms with Gasteiger partial charge >= 0.3 is 5.63 Å². The van der Waals surface area contributed by atoms with E-state index in [0.29, 0.717) is 11.8 Å². The summed E-state index contributed by atoms with van der Waals surface area (Å²) >= 11 is 0. The molecule has 4 saturated carbocycles. The Labute approximate surface area is 218 Å². The second kappa shape index (κ2) is 9.14. The molecule has 5 fully saturated rings. The maximum Gasteiger partial charge on any atom is 0.335 e. The first kappa shape index (κ1) is 26.0. The third kappa shape index (κ3) is 3.89. The van der Waals surface area contributed by atoms with E-state index in [4.69, 9.17) is 13.9 Å². The minimum Gasteiger partial charge on any atom is -0.431 e. The lowest BCUT2D eigenvalue weighted by atomic mass is 9.43. The molecule has 5 aliphatic rings. The highest BCUT2D eigenvalue weighted by atomic mass is 16.7. The van der Waals surface area contributed by atoms with Crippen molar-refractivity contribution in [2.45, 2.75) is 114 Å². The second-order valence-corrected chi connectivity index (χ2v) is 13.1. The van der Waals surface area contributed by atoms with Crippen LogP contribution in [0.1, 0.15) is 83.1 Å². The van der Waals surface area contributed by atoms with Crippen LogP contribution in [-0.4, -0.2) is 63.3 Å². The monoisotopic (exact) mass is 518 g/mol. The van der Waals surface area contributed by atoms with Crippen molar-refractivity contribution >= 4 is 0 Å². The molecule has 1 saturated heterocycles. The molecule has 2 heterocycles. The molecule has 0 bridgehead atoms. The zero-order valence-corrected chi connectivity index (χ0v) is 21.9. The molecule has 8 nitrogen and oxygen atoms in total. The zero-order valence-electron chi connectivity index (χ0n) is 21.9. The normalized spacial score (nSPS) is 51.7. The van der Waals surface area contributed by atoms with Crippen LogP contribution in [0, 0.1) is 28.6 Å². The molecule has 8 heteroatoms. The molecule has 12 atom stereocenters. The first-order valence-corrected chi connectivity index (χ1v) is 14.2. The summed E-state index contributed by atoms with van der Waals surface area (Å²) in [5.74, 6) is 1.36. The van der Waals surface area contributed by atoms with Gasteiger partial charge in [0, 0.05) is 11.5 Å². The Balaban J connectivity index is 1.17. The Morgan fingerprint density at radius 2 is 1.76 bits per heavy atom. The number of aliphatic hydroxyl groups excluding tert-OH is 3. The quantitative estimate of drug-likeness (QED) is 0.450. The number of fused-ring (bicyclic) bond motifs is 5. The molecule has 0 radical (unpaired) electrons. The molecule has 6 rings (SSSR count). The van der Waals surface area contributed by atoms with Gasteiger partial charge in [0.25, 0.3) is 0 Å². The van der Waals surface area contributed by atoms with Crippen LogP contribution < -0.4 is 5.63 Å². The molecule has 0 aromatic carbocycles. The van der Waals surface area contributed by atoms with Crippen LogP contribution >= 0.6 is 0 Å². The Morgan fingerprint density at radius 1 is 0.946 bits per heavy atom. The van der Waals surface area contributed by atoms with Gasteiger partial charge in [0.2, 0.25) is 0 Å². The van der Waals surface area contributed by atoms with Crippen LogP contribution in [0.2, 0.25) is 0 Å². The fourth-order valence-corrected chi connectivity index (χ4v) is 9.50. The third-order valence-electron chi connectivity index (χ3n) is 11.7. The van der Waals surface area contributed by atoms with Crippen molar-refractivity contribution in [2.24, 2.45) is 28.6 Å². The summed E-state index contributed by atoms with van der Waals surface area (Å²) in [5, 5.41) is 42.5. The van der Waals surface area contributed by atoms with Crippen LogP contribution in [0.5, 0.6) is 0 Å². The van der Waals surface area contributed by atoms with E-state index >= 15 is 0 Å². The maximum absolute atomic E-state index is 12.4. The standard InChI is InChI=1S/C29H42O8/c1-27-10-7-18(37-26-25(33)24(32)22(30)15-36-26)13-17(27)4-5-21-20(27)8-11-28(2)19(9-12-29(21,28)34)16-3-6-23(31)35-14-16/h3,6,14,17-22,24-26,30,32-34H,4-5,7-13,15H2,1-2H3/t17-,18+,19?,20+,21-,22+,24-,25+,26-,27+,28-,29+/m1/s1. The van der Waals surface area contributed by atoms with E-state index < -0.39 is 30.2 Å². The predicted octanol–water partition coefficient (Wildman–Crippen LogP) is 2.71. The van der Waals surface area contributed by atoms with Gasteiger partial charge < -0.3 is 34.3 Å². The number of rotatable bonds is 3. The largest absolute Gasteiger partial charge is 0.431 e. The van der Waals surface area contributed by atoms with Crippen molar-refractivity contribution in [1.29, 1.82) is 0 Å². The van der Waals surface area contributed by atoms with E-state index in [-0.39, 0.29) is 41.0 Å². The lowest BCUT2D eigenvalue weighted by molar-refractivity contribution is -0.290. The van der Waals surface area contributed by atoms with E-state index in [1.54, 1.807) is 6.26 Å². The summed E-state index contributed by atoms with van der Waals surface area (Å²) in [7, 11) is 0. The Kier molecular flexibility index (Phi) is 6.41. The average molecular weight is 519 g/mol. The fourth-order valence-electron chi connectivity index (χ4n) is 9.50. The summed E-state index contributed by atoms with van der Waals surface area (Å²) in [6.45, 7) is 4.63. The maximum atomic E-state index is 12.4. The summed E-state index contributed by atoms with van der Waals surface area (Å²) in [6.07, 6.45) is 5.50. The lowest BCUT2D eigenvalue weighted by Gasteiger charge is -2.63. The highest BCUT2D eigenvalue weighted by molar-refractivity contribution is 5.27. The second-order valence-electron chi connectivity index (χ2n) is 13.1. The van der Waals surface area contributed by atoms with Crippen LogP contribution in [0.25, 0.3) is 0 Å². The minimum absolute atomic E-state index is 0.0476. The third-order valence-corrected chi connectivity index (χ3v) is 11.7. The van der Waals surface area contributed by atoms with Gasteiger partial charge in [0.1, 0.15) is 18.3 Å². The molecule has 1 aromatic rings. The summed E-state index contributed by atoms with van der Waals surface area (Å²) in [6, 6.07) is 3.38. The SMILES string of the molecule is C[C@]12CC[C@H](O[C@H]3OC[C@H](O)[C@@H](O)[C@@H]3O)C[C@H]1CC[C@@H]1[C@@H]2CC[C@]2(C)C(c3ccc(=O)oc3)CC[C@]12O. The van der Waals surface area contributed by atoms with Crippen molar-refractivity contribution in [3.63, 3.8) is 0 Å². The van der Waals surface area contributed by atoms with Crippen LogP contribution in [-0.2, 0) is 9.47 Å². The smallest absolute Gasteiger partial charge is 0.335 e. The van der Waals surface area contributed by atoms with E-state index in [0.717, 1.165) is 63.4 Å². The summed E-state index contributed by atoms with van der Waals surface area (Å²) in [5.41, 5.74) is -0.153. The number of ether oxygens (including phenoxy) is 2. The highest BCUT2D eigenvalue weighted by Crippen LogP contribution is 2.70. The van der Waals surface area contributed by atoms with E-state index in [1.807, 2.05) is 6.07 Å². The van der Waals surface area contributed by atoms with Crippen molar-refractivity contribution in [1.82, 2.24) is 0 Å². The Morgan fingerprint density at radius 3 is 2.51 bits per heavy atom. The molecule has 0 amide bonds. The first-order chi connectivity index (χ1) is 17.6. The van der Waals surface area contributed by atoms with Gasteiger partial charge in [-0.1, -0.05) is 13.8 Å². The van der Waals surface area contributed by atoms with Gasteiger partial charge in [-0.3, -0.25) is 0 Å². The number of hydrogen-bond acceptors (Lipinski definition) is 8. The number of hydrogen-bond donors (Lipinski definition) is 4. The van der Waals surface area contributed by atoms with Crippen molar-refractivity contribution < 1.29 is 34.3 Å². The molecule has 4 aliphatic carbocycles. The highest BCUT2D eigenvalue weighted by Gasteiger charge is 2.67. The topological polar surface area (TPSA) is 130 Å². The van der Waals surface area contributed by atoms with Gasteiger partial charge in [-0.2, -0.15) is 0 Å². The van der Waals surface area contributed by atoms with Crippen LogP contribution in [0.3, 0.4) is 0 Å². The lowest BCUT2D eigenvalue weighted by Crippen LogP contribution is -2.62. The Hall–Kier alpha value is -1.29. The molecular formula is C29H42O8. The molecule has 37 heavy (non-hydrogen) atoms. The van der Waals surface area contributed by atoms with Crippen molar-refractivity contribution in [2.75, 3.05) is 6.61 Å². The van der Waals surface area contributed by atoms with Gasteiger partial charge in [0.15, 0.2) is 6.29 Å². The van der Waals surface area contributed by atoms with Crippen LogP contribution in [0.15, 0.2) is 27.6 Å². The fraction of sp³-hybridized carbons (Fsp3) is 0.828. The van der Waals surface area contributed by atoms with Gasteiger partial charge in [-0.05, 0) is 98.5 Å². The average Bonchev–Trinajstić information content (AvgIpc) is 3.16. The first-order valence-electron chi connectivity index (χ1n) is 14.2. The van der Waals surface area contributed by atoms with Gasteiger partial charge in [0.05, 0.1) is 24.6 Å². The molecule has 1 unspecified atom stereocenters. The van der Waals surface area contributed by atoms with Crippen molar-refractivity contribution in [3.05, 3.63) is 34.4 Å². The van der Waals surface area contributed by atoms with Gasteiger partial charge in [-0.15, -0.1) is 0 Å². The van der Waals surface area contributed by atoms with Gasteiger partial charge in [-0.25, -0.2) is 4.79 Å².